The average Bonchev–Trinajstić information content (AvgIpc) is 2.06. The summed E-state index contributed by atoms with van der Waals surface area (Å²) in [7, 11) is 0. The molecule has 1 fully saturated rings. The van der Waals surface area contributed by atoms with E-state index in [0.717, 1.165) is 32.5 Å². The number of hydrogen-bond acceptors (Lipinski definition) is 2. The van der Waals surface area contributed by atoms with Crippen molar-refractivity contribution in [2.75, 3.05) is 19.6 Å². The number of piperidine rings is 1. The molecule has 1 rings (SSSR count). The van der Waals surface area contributed by atoms with Crippen LogP contribution in [0.2, 0.25) is 0 Å². The van der Waals surface area contributed by atoms with Crippen molar-refractivity contribution in [3.63, 3.8) is 0 Å². The summed E-state index contributed by atoms with van der Waals surface area (Å²) in [5, 5.41) is 3.34. The van der Waals surface area contributed by atoms with E-state index in [1.54, 1.807) is 4.31 Å². The summed E-state index contributed by atoms with van der Waals surface area (Å²) < 4.78 is 21.0. The maximum atomic E-state index is 10.6. The second-order valence-electron chi connectivity index (χ2n) is 2.99. The molecule has 4 nitrogen and oxygen atoms in total. The summed E-state index contributed by atoms with van der Waals surface area (Å²) in [6.07, 6.45) is 1.94. The SMILES string of the molecule is CCNC1CCN(S(=O)O)CC1. The van der Waals surface area contributed by atoms with Crippen LogP contribution in [0.1, 0.15) is 19.8 Å². The first kappa shape index (κ1) is 10.1. The molecule has 1 aliphatic heterocycles. The van der Waals surface area contributed by atoms with Gasteiger partial charge in [-0.2, -0.15) is 0 Å². The summed E-state index contributed by atoms with van der Waals surface area (Å²) in [5.41, 5.74) is 0. The van der Waals surface area contributed by atoms with Crippen LogP contribution in [0.3, 0.4) is 0 Å². The minimum atomic E-state index is -1.77. The fraction of sp³-hybridized carbons (Fsp3) is 1.00. The van der Waals surface area contributed by atoms with Gasteiger partial charge in [-0.15, -0.1) is 0 Å². The molecule has 72 valence electrons. The minimum Gasteiger partial charge on any atom is -0.314 e. The van der Waals surface area contributed by atoms with Crippen molar-refractivity contribution in [1.29, 1.82) is 0 Å². The summed E-state index contributed by atoms with van der Waals surface area (Å²) >= 11 is -1.77. The van der Waals surface area contributed by atoms with Gasteiger partial charge in [0.15, 0.2) is 0 Å². The molecule has 1 unspecified atom stereocenters. The third-order valence-corrected chi connectivity index (χ3v) is 2.97. The lowest BCUT2D eigenvalue weighted by molar-refractivity contribution is 0.288. The zero-order valence-corrected chi connectivity index (χ0v) is 8.14. The van der Waals surface area contributed by atoms with Crippen molar-refractivity contribution in [1.82, 2.24) is 9.62 Å². The van der Waals surface area contributed by atoms with E-state index in [4.69, 9.17) is 4.55 Å². The van der Waals surface area contributed by atoms with Crippen LogP contribution in [0.4, 0.5) is 0 Å². The standard InChI is InChI=1S/C7H16N2O2S/c1-2-8-7-3-5-9(6-4-7)12(10)11/h7-8H,2-6H2,1H3,(H,10,11). The molecule has 0 aromatic rings. The predicted octanol–water partition coefficient (Wildman–Crippen LogP) is 0.197. The Labute approximate surface area is 75.7 Å². The number of nitrogens with zero attached hydrogens (tertiary/aromatic N) is 1. The summed E-state index contributed by atoms with van der Waals surface area (Å²) in [5.74, 6) is 0. The molecule has 2 N–H and O–H groups in total. The lowest BCUT2D eigenvalue weighted by Crippen LogP contribution is -2.42. The molecule has 0 amide bonds. The molecule has 1 aliphatic rings. The summed E-state index contributed by atoms with van der Waals surface area (Å²) in [6, 6.07) is 0.537. The lowest BCUT2D eigenvalue weighted by Gasteiger charge is -2.29. The van der Waals surface area contributed by atoms with Gasteiger partial charge in [-0.25, -0.2) is 8.51 Å². The van der Waals surface area contributed by atoms with Crippen LogP contribution in [0.5, 0.6) is 0 Å². The maximum Gasteiger partial charge on any atom is 0.234 e. The molecule has 5 heteroatoms. The van der Waals surface area contributed by atoms with Crippen molar-refractivity contribution >= 4 is 11.3 Å². The van der Waals surface area contributed by atoms with Crippen molar-refractivity contribution in [2.24, 2.45) is 0 Å². The van der Waals surface area contributed by atoms with E-state index in [0.29, 0.717) is 6.04 Å². The quantitative estimate of drug-likeness (QED) is 0.628. The molecule has 0 spiro atoms. The van der Waals surface area contributed by atoms with E-state index in [9.17, 15) is 4.21 Å². The van der Waals surface area contributed by atoms with Gasteiger partial charge in [0.25, 0.3) is 0 Å². The van der Waals surface area contributed by atoms with E-state index in [1.165, 1.54) is 0 Å². The van der Waals surface area contributed by atoms with Crippen LogP contribution in [-0.2, 0) is 11.3 Å². The van der Waals surface area contributed by atoms with Crippen molar-refractivity contribution in [3.8, 4) is 0 Å². The average molecular weight is 192 g/mol. The topological polar surface area (TPSA) is 52.6 Å². The molecule has 12 heavy (non-hydrogen) atoms. The molecule has 0 aromatic carbocycles. The molecule has 0 bridgehead atoms. The third-order valence-electron chi connectivity index (χ3n) is 2.17. The van der Waals surface area contributed by atoms with Gasteiger partial charge in [-0.05, 0) is 19.4 Å². The van der Waals surface area contributed by atoms with Crippen LogP contribution in [-0.4, -0.2) is 38.7 Å². The van der Waals surface area contributed by atoms with Crippen LogP contribution in [0, 0.1) is 0 Å². The van der Waals surface area contributed by atoms with E-state index >= 15 is 0 Å². The highest BCUT2D eigenvalue weighted by Gasteiger charge is 2.20. The second-order valence-corrected chi connectivity index (χ2v) is 3.97. The Kier molecular flexibility index (Phi) is 4.14. The minimum absolute atomic E-state index is 0.537. The first-order valence-corrected chi connectivity index (χ1v) is 5.39. The first-order chi connectivity index (χ1) is 5.74. The normalized spacial score (nSPS) is 24.2. The molecule has 1 saturated heterocycles. The van der Waals surface area contributed by atoms with Gasteiger partial charge in [0.1, 0.15) is 0 Å². The van der Waals surface area contributed by atoms with E-state index < -0.39 is 11.3 Å². The van der Waals surface area contributed by atoms with Crippen LogP contribution < -0.4 is 5.32 Å². The lowest BCUT2D eigenvalue weighted by atomic mass is 10.1. The fourth-order valence-corrected chi connectivity index (χ4v) is 2.03. The molecule has 0 saturated carbocycles. The van der Waals surface area contributed by atoms with Crippen LogP contribution in [0.25, 0.3) is 0 Å². The highest BCUT2D eigenvalue weighted by molar-refractivity contribution is 7.76. The van der Waals surface area contributed by atoms with Gasteiger partial charge in [0.2, 0.25) is 11.3 Å². The van der Waals surface area contributed by atoms with Gasteiger partial charge in [0, 0.05) is 19.1 Å². The van der Waals surface area contributed by atoms with Crippen molar-refractivity contribution in [2.45, 2.75) is 25.8 Å². The molecular formula is C7H16N2O2S. The van der Waals surface area contributed by atoms with E-state index in [-0.39, 0.29) is 0 Å². The Morgan fingerprint density at radius 1 is 1.58 bits per heavy atom. The predicted molar refractivity (Wildman–Crippen MR) is 49.0 cm³/mol. The van der Waals surface area contributed by atoms with Gasteiger partial charge in [-0.1, -0.05) is 6.92 Å². The zero-order valence-electron chi connectivity index (χ0n) is 7.32. The van der Waals surface area contributed by atoms with Crippen molar-refractivity contribution < 1.29 is 8.76 Å². The molecule has 0 aromatic heterocycles. The Morgan fingerprint density at radius 3 is 2.58 bits per heavy atom. The van der Waals surface area contributed by atoms with Crippen molar-refractivity contribution in [3.05, 3.63) is 0 Å². The van der Waals surface area contributed by atoms with Crippen LogP contribution >= 0.6 is 0 Å². The number of nitrogens with one attached hydrogen (secondary N) is 1. The monoisotopic (exact) mass is 192 g/mol. The Balaban J connectivity index is 2.25. The largest absolute Gasteiger partial charge is 0.314 e. The summed E-state index contributed by atoms with van der Waals surface area (Å²) in [6.45, 7) is 4.50. The Morgan fingerprint density at radius 2 is 2.17 bits per heavy atom. The first-order valence-electron chi connectivity index (χ1n) is 4.33. The van der Waals surface area contributed by atoms with Gasteiger partial charge in [-0.3, -0.25) is 4.55 Å². The molecule has 1 heterocycles. The highest BCUT2D eigenvalue weighted by atomic mass is 32.2. The fourth-order valence-electron chi connectivity index (χ4n) is 1.50. The van der Waals surface area contributed by atoms with Gasteiger partial charge in [0.05, 0.1) is 0 Å². The smallest absolute Gasteiger partial charge is 0.234 e. The number of hydrogen-bond donors (Lipinski definition) is 2. The molecular weight excluding hydrogens is 176 g/mol. The maximum absolute atomic E-state index is 10.6. The highest BCUT2D eigenvalue weighted by Crippen LogP contribution is 2.10. The molecule has 0 radical (unpaired) electrons. The zero-order chi connectivity index (χ0) is 8.97. The van der Waals surface area contributed by atoms with E-state index in [1.807, 2.05) is 0 Å². The third kappa shape index (κ3) is 2.82. The van der Waals surface area contributed by atoms with Crippen LogP contribution in [0.15, 0.2) is 0 Å². The van der Waals surface area contributed by atoms with Gasteiger partial charge >= 0.3 is 0 Å². The summed E-state index contributed by atoms with van der Waals surface area (Å²) in [4.78, 5) is 0. The second kappa shape index (κ2) is 4.91. The van der Waals surface area contributed by atoms with Gasteiger partial charge < -0.3 is 5.32 Å². The number of rotatable bonds is 3. The Bertz CT molecular complexity index is 157. The Hall–Kier alpha value is 0.0300. The molecule has 0 aliphatic carbocycles. The van der Waals surface area contributed by atoms with E-state index in [2.05, 4.69) is 12.2 Å². The molecule has 1 atom stereocenters.